The second-order valence-corrected chi connectivity index (χ2v) is 20.2. The van der Waals surface area contributed by atoms with E-state index in [4.69, 9.17) is 14.2 Å². The first-order chi connectivity index (χ1) is 39.0. The van der Waals surface area contributed by atoms with Crippen molar-refractivity contribution < 1.29 is 28.6 Å². The molecule has 79 heavy (non-hydrogen) atoms. The van der Waals surface area contributed by atoms with Gasteiger partial charge in [-0.3, -0.25) is 14.4 Å². The minimum Gasteiger partial charge on any atom is -0.462 e. The molecule has 0 bridgehead atoms. The smallest absolute Gasteiger partial charge is 0.306 e. The summed E-state index contributed by atoms with van der Waals surface area (Å²) in [4.78, 5) is 38.3. The lowest BCUT2D eigenvalue weighted by molar-refractivity contribution is -0.167. The van der Waals surface area contributed by atoms with Crippen molar-refractivity contribution in [2.45, 2.75) is 258 Å². The minimum absolute atomic E-state index is 0.121. The molecule has 0 amide bonds. The van der Waals surface area contributed by atoms with Crippen molar-refractivity contribution in [1.82, 2.24) is 0 Å². The maximum atomic E-state index is 12.9. The van der Waals surface area contributed by atoms with Crippen LogP contribution < -0.4 is 0 Å². The quantitative estimate of drug-likeness (QED) is 0.0261. The van der Waals surface area contributed by atoms with Crippen LogP contribution in [0.3, 0.4) is 0 Å². The van der Waals surface area contributed by atoms with Crippen LogP contribution in [0.15, 0.2) is 170 Å². The van der Waals surface area contributed by atoms with Crippen molar-refractivity contribution in [3.05, 3.63) is 170 Å². The second kappa shape index (κ2) is 65.3. The van der Waals surface area contributed by atoms with Crippen LogP contribution in [-0.4, -0.2) is 37.2 Å². The fourth-order valence-electron chi connectivity index (χ4n) is 8.02. The molecule has 0 saturated heterocycles. The summed E-state index contributed by atoms with van der Waals surface area (Å²) in [5.74, 6) is -1.02. The third kappa shape index (κ3) is 63.5. The van der Waals surface area contributed by atoms with Crippen molar-refractivity contribution in [3.8, 4) is 0 Å². The van der Waals surface area contributed by atoms with E-state index in [1.165, 1.54) is 51.4 Å². The Morgan fingerprint density at radius 2 is 0.506 bits per heavy atom. The minimum atomic E-state index is -0.832. The van der Waals surface area contributed by atoms with E-state index in [2.05, 4.69) is 191 Å². The number of carbonyl (C=O) groups is 3. The lowest BCUT2D eigenvalue weighted by Crippen LogP contribution is -2.30. The van der Waals surface area contributed by atoms with E-state index in [1.807, 2.05) is 0 Å². The summed E-state index contributed by atoms with van der Waals surface area (Å²) in [6.07, 6.45) is 96.4. The molecule has 0 aliphatic rings. The molecule has 0 aliphatic carbocycles. The van der Waals surface area contributed by atoms with Gasteiger partial charge in [0.05, 0.1) is 0 Å². The van der Waals surface area contributed by atoms with Crippen molar-refractivity contribution in [1.29, 1.82) is 0 Å². The van der Waals surface area contributed by atoms with E-state index in [1.54, 1.807) is 0 Å². The highest BCUT2D eigenvalue weighted by molar-refractivity contribution is 5.71. The molecule has 0 aliphatic heterocycles. The van der Waals surface area contributed by atoms with Crippen LogP contribution in [0.25, 0.3) is 0 Å². The number of carbonyl (C=O) groups excluding carboxylic acids is 3. The molecule has 0 aromatic rings. The number of ether oxygens (including phenoxy) is 3. The predicted octanol–water partition coefficient (Wildman–Crippen LogP) is 21.9. The first kappa shape index (κ1) is 73.8. The average molecular weight is 1090 g/mol. The fraction of sp³-hybridized carbons (Fsp3) is 0.575. The van der Waals surface area contributed by atoms with Crippen LogP contribution in [-0.2, 0) is 28.6 Å². The van der Waals surface area contributed by atoms with E-state index < -0.39 is 6.10 Å². The number of allylic oxidation sites excluding steroid dienone is 28. The highest BCUT2D eigenvalue weighted by atomic mass is 16.6. The Hall–Kier alpha value is -5.23. The van der Waals surface area contributed by atoms with Gasteiger partial charge in [0.15, 0.2) is 6.10 Å². The molecule has 0 aromatic carbocycles. The molecule has 0 rings (SSSR count). The van der Waals surface area contributed by atoms with Gasteiger partial charge in [0.25, 0.3) is 0 Å². The molecule has 0 radical (unpaired) electrons. The Morgan fingerprint density at radius 3 is 0.823 bits per heavy atom. The molecular formula is C73H114O6. The van der Waals surface area contributed by atoms with E-state index in [0.29, 0.717) is 19.3 Å². The molecule has 6 nitrogen and oxygen atoms in total. The summed E-state index contributed by atoms with van der Waals surface area (Å²) >= 11 is 0. The molecular weight excluding hydrogens is 973 g/mol. The van der Waals surface area contributed by atoms with Crippen molar-refractivity contribution >= 4 is 17.9 Å². The van der Waals surface area contributed by atoms with Gasteiger partial charge in [-0.05, 0) is 148 Å². The van der Waals surface area contributed by atoms with Crippen molar-refractivity contribution in [2.24, 2.45) is 0 Å². The maximum Gasteiger partial charge on any atom is 0.306 e. The number of unbranched alkanes of at least 4 members (excludes halogenated alkanes) is 16. The van der Waals surface area contributed by atoms with Crippen LogP contribution in [0.5, 0.6) is 0 Å². The Labute approximate surface area is 485 Å². The standard InChI is InChI=1S/C73H114O6/c1-4-7-10-13-16-19-22-25-28-30-31-32-33-34-35-36-37-38-39-40-41-43-45-48-51-54-57-60-63-66-72(75)78-69-70(68-77-71(74)65-62-59-56-53-50-47-44-27-24-21-18-15-12-9-6-3)79-73(76)67-64-61-58-55-52-49-46-42-29-26-23-20-17-14-11-8-5-2/h7-8,10-11,16-17,19-20,25-29,31-32,34-35,37-38,40-41,44-46,48-49,55,58,70H,4-6,9,12-15,18,21-24,30,33,36,39,42-43,47,50-54,56-57,59-69H2,1-3H3/b10-7-,11-8-,19-16-,20-17-,28-25-,29-26-,32-31-,35-34-,38-37-,41-40-,44-27-,48-45-,49-46-,58-55-. The second-order valence-electron chi connectivity index (χ2n) is 20.2. The normalized spacial score (nSPS) is 13.3. The Morgan fingerprint density at radius 1 is 0.266 bits per heavy atom. The fourth-order valence-corrected chi connectivity index (χ4v) is 8.02. The summed E-state index contributed by atoms with van der Waals surface area (Å²) in [7, 11) is 0. The highest BCUT2D eigenvalue weighted by Crippen LogP contribution is 2.13. The molecule has 6 heteroatoms. The first-order valence-electron chi connectivity index (χ1n) is 31.6. The number of hydrogen-bond acceptors (Lipinski definition) is 6. The summed E-state index contributed by atoms with van der Waals surface area (Å²) in [6, 6.07) is 0. The third-order valence-corrected chi connectivity index (χ3v) is 12.7. The molecule has 442 valence electrons. The van der Waals surface area contributed by atoms with Gasteiger partial charge in [-0.2, -0.15) is 0 Å². The molecule has 0 aromatic heterocycles. The van der Waals surface area contributed by atoms with Gasteiger partial charge in [0, 0.05) is 19.3 Å². The van der Waals surface area contributed by atoms with Crippen LogP contribution in [0.2, 0.25) is 0 Å². The summed E-state index contributed by atoms with van der Waals surface area (Å²) in [6.45, 7) is 6.32. The molecule has 1 atom stereocenters. The molecule has 0 fully saturated rings. The van der Waals surface area contributed by atoms with Gasteiger partial charge in [0.2, 0.25) is 0 Å². The van der Waals surface area contributed by atoms with Crippen LogP contribution >= 0.6 is 0 Å². The SMILES string of the molecule is CC/C=C\C/C=C\C/C=C\C/C=C\C/C=C\C/C=C\C/C=C\C/C=C\CCCCCCC(=O)OCC(COC(=O)CCCCCCC/C=C\CCCCCCCC)OC(=O)CCC/C=C\C/C=C\C/C=C\C/C=C\C/C=C\CC. The van der Waals surface area contributed by atoms with Gasteiger partial charge in [-0.15, -0.1) is 0 Å². The zero-order chi connectivity index (χ0) is 57.1. The van der Waals surface area contributed by atoms with Gasteiger partial charge in [-0.25, -0.2) is 0 Å². The van der Waals surface area contributed by atoms with Crippen molar-refractivity contribution in [2.75, 3.05) is 13.2 Å². The van der Waals surface area contributed by atoms with Crippen molar-refractivity contribution in [3.63, 3.8) is 0 Å². The Bertz CT molecular complexity index is 1820. The lowest BCUT2D eigenvalue weighted by atomic mass is 10.1. The van der Waals surface area contributed by atoms with E-state index in [-0.39, 0.29) is 37.5 Å². The predicted molar refractivity (Wildman–Crippen MR) is 343 cm³/mol. The van der Waals surface area contributed by atoms with Gasteiger partial charge >= 0.3 is 17.9 Å². The van der Waals surface area contributed by atoms with Crippen LogP contribution in [0, 0.1) is 0 Å². The average Bonchev–Trinajstić information content (AvgIpc) is 3.45. The third-order valence-electron chi connectivity index (χ3n) is 12.7. The number of rotatable bonds is 55. The van der Waals surface area contributed by atoms with E-state index >= 15 is 0 Å². The maximum absolute atomic E-state index is 12.9. The number of hydrogen-bond donors (Lipinski definition) is 0. The van der Waals surface area contributed by atoms with Crippen LogP contribution in [0.1, 0.15) is 252 Å². The molecule has 0 spiro atoms. The molecule has 0 saturated carbocycles. The molecule has 0 N–H and O–H groups in total. The van der Waals surface area contributed by atoms with E-state index in [0.717, 1.165) is 154 Å². The van der Waals surface area contributed by atoms with Gasteiger partial charge in [0.1, 0.15) is 13.2 Å². The monoisotopic (exact) mass is 1090 g/mol. The van der Waals surface area contributed by atoms with Gasteiger partial charge in [-0.1, -0.05) is 255 Å². The topological polar surface area (TPSA) is 78.9 Å². The summed E-state index contributed by atoms with van der Waals surface area (Å²) < 4.78 is 16.8. The largest absolute Gasteiger partial charge is 0.462 e. The number of esters is 3. The summed E-state index contributed by atoms with van der Waals surface area (Å²) in [5.41, 5.74) is 0. The zero-order valence-electron chi connectivity index (χ0n) is 50.6. The van der Waals surface area contributed by atoms with Gasteiger partial charge < -0.3 is 14.2 Å². The zero-order valence-corrected chi connectivity index (χ0v) is 50.6. The Kier molecular flexibility index (Phi) is 61.0. The van der Waals surface area contributed by atoms with Crippen LogP contribution in [0.4, 0.5) is 0 Å². The highest BCUT2D eigenvalue weighted by Gasteiger charge is 2.19. The summed E-state index contributed by atoms with van der Waals surface area (Å²) in [5, 5.41) is 0. The first-order valence-corrected chi connectivity index (χ1v) is 31.6. The molecule has 1 unspecified atom stereocenters. The lowest BCUT2D eigenvalue weighted by Gasteiger charge is -2.18. The van der Waals surface area contributed by atoms with E-state index in [9.17, 15) is 14.4 Å². The Balaban J connectivity index is 4.50. The molecule has 0 heterocycles.